The average molecular weight is 1030 g/mol. The summed E-state index contributed by atoms with van der Waals surface area (Å²) in [6.45, 7) is 6.69. The molecule has 22 heteroatoms. The van der Waals surface area contributed by atoms with Gasteiger partial charge >= 0.3 is 21.2 Å². The Morgan fingerprint density at radius 2 is 0.540 bits per heavy atom. The number of benzene rings is 6. The van der Waals surface area contributed by atoms with Gasteiger partial charge in [0, 0.05) is 0 Å². The van der Waals surface area contributed by atoms with Crippen molar-refractivity contribution in [1.29, 1.82) is 0 Å². The molecule has 0 fully saturated rings. The normalized spacial score (nSPS) is 11.7. The fraction of sp³-hybridized carbons (Fsp3) is 0.122. The van der Waals surface area contributed by atoms with E-state index in [4.69, 9.17) is 0 Å². The van der Waals surface area contributed by atoms with Gasteiger partial charge in [-0.2, -0.15) is 0 Å². The summed E-state index contributed by atoms with van der Waals surface area (Å²) in [5.41, 5.74) is -11.5. The summed E-state index contributed by atoms with van der Waals surface area (Å²) < 4.78 is 297. The number of hydrogen-bond acceptors (Lipinski definition) is 0. The van der Waals surface area contributed by atoms with Gasteiger partial charge in [0.25, 0.3) is 0 Å². The third-order valence-corrected chi connectivity index (χ3v) is 12.5. The molecule has 6 rings (SSSR count). The Morgan fingerprint density at radius 3 is 0.746 bits per heavy atom. The van der Waals surface area contributed by atoms with Gasteiger partial charge in [-0.3, -0.25) is 0 Å². The van der Waals surface area contributed by atoms with E-state index in [-0.39, 0.29) is 21.2 Å². The van der Waals surface area contributed by atoms with Gasteiger partial charge in [-0.25, -0.2) is 87.8 Å². The quantitative estimate of drug-likeness (QED) is 0.0493. The molecular formula is C41H20BF20I. The Hall–Kier alpha value is -5.29. The van der Waals surface area contributed by atoms with Crippen molar-refractivity contribution in [3.63, 3.8) is 0 Å². The molecule has 334 valence electrons. The topological polar surface area (TPSA) is 0 Å². The Bertz CT molecular complexity index is 2370. The van der Waals surface area contributed by atoms with Crippen molar-refractivity contribution in [2.75, 3.05) is 0 Å². The average Bonchev–Trinajstić information content (AvgIpc) is 3.26. The van der Waals surface area contributed by atoms with Crippen LogP contribution in [0.2, 0.25) is 0 Å². The van der Waals surface area contributed by atoms with Crippen molar-refractivity contribution in [2.45, 2.75) is 33.1 Å². The molecule has 0 saturated heterocycles. The summed E-state index contributed by atoms with van der Waals surface area (Å²) in [4.78, 5) is 0. The lowest BCUT2D eigenvalue weighted by Gasteiger charge is -2.44. The maximum Gasteiger partial charge on any atom is 0.357 e. The summed E-state index contributed by atoms with van der Waals surface area (Å²) in [6.07, 6.45) is -6.09. The highest BCUT2D eigenvalue weighted by Crippen LogP contribution is 2.31. The van der Waals surface area contributed by atoms with Gasteiger partial charge in [0.1, 0.15) is 52.7 Å². The summed E-state index contributed by atoms with van der Waals surface area (Å²) in [5, 5.41) is 0. The van der Waals surface area contributed by atoms with Gasteiger partial charge in [0.2, 0.25) is 0 Å². The van der Waals surface area contributed by atoms with E-state index in [9.17, 15) is 52.7 Å². The lowest BCUT2D eigenvalue weighted by Crippen LogP contribution is -3.61. The van der Waals surface area contributed by atoms with Crippen molar-refractivity contribution < 1.29 is 109 Å². The van der Waals surface area contributed by atoms with Crippen molar-refractivity contribution in [3.05, 3.63) is 183 Å². The Labute approximate surface area is 352 Å². The lowest BCUT2D eigenvalue weighted by molar-refractivity contribution is -0.597. The molecule has 0 spiro atoms. The SMILES string of the molecule is CCc1ccc([I+]c2ccc(C(C)C)cc2)cc1.Fc1c(F)c(F)c([B-](c2c(F)c(F)c(F)c(F)c2F)(c2c(F)c(F)c(F)c(F)c2F)c2c(F)c(F)c(F)c(F)c2F)c(F)c1F. The van der Waals surface area contributed by atoms with Gasteiger partial charge in [0.05, 0.1) is 0 Å². The molecule has 0 bridgehead atoms. The van der Waals surface area contributed by atoms with Crippen LogP contribution in [0.5, 0.6) is 0 Å². The van der Waals surface area contributed by atoms with Gasteiger partial charge < -0.3 is 0 Å². The second-order valence-corrected chi connectivity index (χ2v) is 16.6. The Morgan fingerprint density at radius 1 is 0.333 bits per heavy atom. The predicted molar refractivity (Wildman–Crippen MR) is 183 cm³/mol. The molecule has 0 aromatic heterocycles. The van der Waals surface area contributed by atoms with Crippen LogP contribution < -0.4 is 43.1 Å². The van der Waals surface area contributed by atoms with E-state index in [1.807, 2.05) is 0 Å². The first kappa shape index (κ1) is 48.7. The molecule has 0 unspecified atom stereocenters. The van der Waals surface area contributed by atoms with Crippen LogP contribution in [0.4, 0.5) is 87.8 Å². The molecular weight excluding hydrogens is 1010 g/mol. The largest absolute Gasteiger partial charge is 0.357 e. The molecule has 0 aliphatic heterocycles. The fourth-order valence-electron chi connectivity index (χ4n) is 6.69. The van der Waals surface area contributed by atoms with E-state index in [2.05, 4.69) is 69.3 Å². The van der Waals surface area contributed by atoms with Crippen LogP contribution in [0.3, 0.4) is 0 Å². The van der Waals surface area contributed by atoms with E-state index in [0.717, 1.165) is 6.42 Å². The van der Waals surface area contributed by atoms with E-state index >= 15 is 35.1 Å². The molecule has 6 aromatic rings. The van der Waals surface area contributed by atoms with E-state index < -0.39 is 144 Å². The maximum absolute atomic E-state index is 15.4. The van der Waals surface area contributed by atoms with E-state index in [1.54, 1.807) is 0 Å². The van der Waals surface area contributed by atoms with Crippen LogP contribution >= 0.6 is 0 Å². The molecule has 6 aromatic carbocycles. The van der Waals surface area contributed by atoms with E-state index in [1.165, 1.54) is 18.3 Å². The standard InChI is InChI=1S/C24BF20.C17H20I/c26-5-1(6(27)14(35)21(42)13(5)34)25(2-7(28)15(36)22(43)16(37)8(2)29,3-9(30)17(38)23(44)18(39)10(3)31)4-11(32)19(40)24(45)20(41)12(4)33;1-4-14-5-9-16(10-6-14)18-17-11-7-15(8-12-17)13(2)3/h;5-13H,4H2,1-3H3/q-1;+1. The smallest absolute Gasteiger partial charge is 0.207 e. The maximum atomic E-state index is 15.4. The highest BCUT2D eigenvalue weighted by molar-refractivity contribution is 7.20. The Balaban J connectivity index is 0.000000345. The minimum atomic E-state index is -7.22. The molecule has 0 radical (unpaired) electrons. The van der Waals surface area contributed by atoms with Crippen molar-refractivity contribution in [1.82, 2.24) is 0 Å². The molecule has 0 N–H and O–H groups in total. The van der Waals surface area contributed by atoms with Crippen LogP contribution in [0, 0.1) is 123 Å². The second kappa shape index (κ2) is 18.4. The monoisotopic (exact) mass is 1030 g/mol. The van der Waals surface area contributed by atoms with Crippen molar-refractivity contribution in [3.8, 4) is 0 Å². The van der Waals surface area contributed by atoms with Gasteiger partial charge in [0.15, 0.2) is 76.9 Å². The molecule has 0 atom stereocenters. The first-order valence-electron chi connectivity index (χ1n) is 17.5. The minimum Gasteiger partial charge on any atom is -0.207 e. The van der Waals surface area contributed by atoms with Crippen LogP contribution in [-0.2, 0) is 6.42 Å². The summed E-state index contributed by atoms with van der Waals surface area (Å²) in [6, 6.07) is 18.3. The molecule has 0 heterocycles. The van der Waals surface area contributed by atoms with Gasteiger partial charge in [-0.15, -0.1) is 21.9 Å². The van der Waals surface area contributed by atoms with Crippen LogP contribution in [0.15, 0.2) is 48.5 Å². The van der Waals surface area contributed by atoms with Crippen molar-refractivity contribution in [2.24, 2.45) is 0 Å². The van der Waals surface area contributed by atoms with Gasteiger partial charge in [-0.1, -0.05) is 45.0 Å². The van der Waals surface area contributed by atoms with Gasteiger partial charge in [-0.05, 0) is 47.7 Å². The molecule has 0 aliphatic carbocycles. The first-order valence-corrected chi connectivity index (χ1v) is 19.6. The minimum absolute atomic E-state index is 0.0220. The zero-order valence-electron chi connectivity index (χ0n) is 31.4. The summed E-state index contributed by atoms with van der Waals surface area (Å²) in [5.74, 6) is -70.8. The molecule has 0 saturated carbocycles. The lowest BCUT2D eigenvalue weighted by atomic mass is 9.12. The fourth-order valence-corrected chi connectivity index (χ4v) is 8.85. The second-order valence-electron chi connectivity index (χ2n) is 13.6. The number of hydrogen-bond donors (Lipinski definition) is 0. The van der Waals surface area contributed by atoms with E-state index in [0.29, 0.717) is 5.92 Å². The highest BCUT2D eigenvalue weighted by Gasteiger charge is 2.52. The third-order valence-electron chi connectivity index (χ3n) is 9.78. The summed E-state index contributed by atoms with van der Waals surface area (Å²) >= 11 is -0.0220. The summed E-state index contributed by atoms with van der Waals surface area (Å²) in [7, 11) is 0. The first-order chi connectivity index (χ1) is 29.4. The Kier molecular flexibility index (Phi) is 14.3. The zero-order chi connectivity index (χ0) is 47.3. The molecule has 63 heavy (non-hydrogen) atoms. The number of aryl methyl sites for hydroxylation is 1. The van der Waals surface area contributed by atoms with Crippen LogP contribution in [0.1, 0.15) is 37.8 Å². The molecule has 0 amide bonds. The zero-order valence-corrected chi connectivity index (χ0v) is 33.6. The number of rotatable bonds is 8. The van der Waals surface area contributed by atoms with Crippen LogP contribution in [0.25, 0.3) is 0 Å². The van der Waals surface area contributed by atoms with Crippen LogP contribution in [-0.4, -0.2) is 6.15 Å². The third kappa shape index (κ3) is 8.11. The molecule has 0 aliphatic rings. The molecule has 0 nitrogen and oxygen atoms in total. The highest BCUT2D eigenvalue weighted by atomic mass is 127. The number of halogens is 21. The predicted octanol–water partition coefficient (Wildman–Crippen LogP) is 7.35. The van der Waals surface area contributed by atoms with Crippen molar-refractivity contribution >= 4 is 28.0 Å².